The van der Waals surface area contributed by atoms with E-state index in [0.717, 1.165) is 24.3 Å². The van der Waals surface area contributed by atoms with Crippen molar-refractivity contribution >= 4 is 17.6 Å². The van der Waals surface area contributed by atoms with Crippen LogP contribution in [0.15, 0.2) is 24.3 Å². The molecule has 1 N–H and O–H groups in total. The van der Waals surface area contributed by atoms with Crippen LogP contribution in [-0.2, 0) is 9.59 Å². The first-order valence-corrected chi connectivity index (χ1v) is 6.88. The van der Waals surface area contributed by atoms with Gasteiger partial charge in [-0.15, -0.1) is 0 Å². The van der Waals surface area contributed by atoms with E-state index in [-0.39, 0.29) is 18.9 Å². The SMILES string of the molecule is CCCCOc1ccc(N2CC(C(=O)O)CC2=O)cc1. The number of ether oxygens (including phenoxy) is 1. The Morgan fingerprint density at radius 3 is 2.65 bits per heavy atom. The maximum Gasteiger partial charge on any atom is 0.308 e. The molecule has 0 aromatic heterocycles. The number of hydrogen-bond donors (Lipinski definition) is 1. The smallest absolute Gasteiger partial charge is 0.308 e. The van der Waals surface area contributed by atoms with Crippen molar-refractivity contribution in [2.75, 3.05) is 18.1 Å². The van der Waals surface area contributed by atoms with Crippen molar-refractivity contribution in [3.63, 3.8) is 0 Å². The molecule has 108 valence electrons. The highest BCUT2D eigenvalue weighted by molar-refractivity contribution is 5.99. The first kappa shape index (κ1) is 14.4. The summed E-state index contributed by atoms with van der Waals surface area (Å²) in [4.78, 5) is 24.3. The molecule has 1 amide bonds. The summed E-state index contributed by atoms with van der Waals surface area (Å²) in [5.41, 5.74) is 0.724. The van der Waals surface area contributed by atoms with E-state index in [9.17, 15) is 9.59 Å². The third-order valence-electron chi connectivity index (χ3n) is 3.39. The number of amides is 1. The van der Waals surface area contributed by atoms with Gasteiger partial charge in [-0.3, -0.25) is 9.59 Å². The summed E-state index contributed by atoms with van der Waals surface area (Å²) in [6.07, 6.45) is 2.16. The topological polar surface area (TPSA) is 66.8 Å². The van der Waals surface area contributed by atoms with Gasteiger partial charge in [0.1, 0.15) is 5.75 Å². The van der Waals surface area contributed by atoms with E-state index < -0.39 is 11.9 Å². The van der Waals surface area contributed by atoms with Crippen molar-refractivity contribution < 1.29 is 19.4 Å². The van der Waals surface area contributed by atoms with Crippen LogP contribution in [-0.4, -0.2) is 30.1 Å². The number of unbranched alkanes of at least 4 members (excludes halogenated alkanes) is 1. The third-order valence-corrected chi connectivity index (χ3v) is 3.39. The summed E-state index contributed by atoms with van der Waals surface area (Å²) < 4.78 is 5.55. The molecule has 0 spiro atoms. The van der Waals surface area contributed by atoms with Crippen LogP contribution < -0.4 is 9.64 Å². The van der Waals surface area contributed by atoms with Gasteiger partial charge in [0, 0.05) is 18.7 Å². The molecule has 0 saturated carbocycles. The zero-order chi connectivity index (χ0) is 14.5. The van der Waals surface area contributed by atoms with Gasteiger partial charge in [0.05, 0.1) is 12.5 Å². The lowest BCUT2D eigenvalue weighted by atomic mass is 10.1. The minimum absolute atomic E-state index is 0.0735. The highest BCUT2D eigenvalue weighted by atomic mass is 16.5. The van der Waals surface area contributed by atoms with Gasteiger partial charge < -0.3 is 14.7 Å². The first-order valence-electron chi connectivity index (χ1n) is 6.88. The number of carbonyl (C=O) groups excluding carboxylic acids is 1. The highest BCUT2D eigenvalue weighted by Crippen LogP contribution is 2.26. The number of anilines is 1. The van der Waals surface area contributed by atoms with E-state index in [2.05, 4.69) is 6.92 Å². The Labute approximate surface area is 118 Å². The quantitative estimate of drug-likeness (QED) is 0.810. The van der Waals surface area contributed by atoms with Crippen LogP contribution in [0.4, 0.5) is 5.69 Å². The molecule has 5 heteroatoms. The molecule has 0 bridgehead atoms. The van der Waals surface area contributed by atoms with Gasteiger partial charge in [0.15, 0.2) is 0 Å². The fraction of sp³-hybridized carbons (Fsp3) is 0.467. The second-order valence-corrected chi connectivity index (χ2v) is 4.94. The molecule has 1 fully saturated rings. The van der Waals surface area contributed by atoms with Crippen LogP contribution in [0, 0.1) is 5.92 Å². The molecule has 5 nitrogen and oxygen atoms in total. The second-order valence-electron chi connectivity index (χ2n) is 4.94. The van der Waals surface area contributed by atoms with Crippen molar-refractivity contribution in [1.29, 1.82) is 0 Å². The molecular weight excluding hydrogens is 258 g/mol. The second kappa shape index (κ2) is 6.41. The Bertz CT molecular complexity index is 483. The Hall–Kier alpha value is -2.04. The lowest BCUT2D eigenvalue weighted by molar-refractivity contribution is -0.141. The fourth-order valence-electron chi connectivity index (χ4n) is 2.18. The van der Waals surface area contributed by atoms with Gasteiger partial charge in [-0.1, -0.05) is 13.3 Å². The Morgan fingerprint density at radius 2 is 2.10 bits per heavy atom. The molecule has 0 aliphatic carbocycles. The van der Waals surface area contributed by atoms with Crippen LogP contribution in [0.25, 0.3) is 0 Å². The normalized spacial score (nSPS) is 18.4. The van der Waals surface area contributed by atoms with Crippen LogP contribution in [0.1, 0.15) is 26.2 Å². The average molecular weight is 277 g/mol. The maximum atomic E-state index is 11.8. The number of benzene rings is 1. The van der Waals surface area contributed by atoms with E-state index in [0.29, 0.717) is 6.61 Å². The molecule has 1 unspecified atom stereocenters. The van der Waals surface area contributed by atoms with Crippen LogP contribution in [0.5, 0.6) is 5.75 Å². The Balaban J connectivity index is 1.99. The van der Waals surface area contributed by atoms with E-state index in [4.69, 9.17) is 9.84 Å². The Morgan fingerprint density at radius 1 is 1.40 bits per heavy atom. The highest BCUT2D eigenvalue weighted by Gasteiger charge is 2.34. The predicted octanol–water partition coefficient (Wildman–Crippen LogP) is 2.30. The zero-order valence-electron chi connectivity index (χ0n) is 11.5. The van der Waals surface area contributed by atoms with Crippen LogP contribution >= 0.6 is 0 Å². The average Bonchev–Trinajstić information content (AvgIpc) is 2.82. The monoisotopic (exact) mass is 277 g/mol. The number of carboxylic acids is 1. The molecule has 2 rings (SSSR count). The van der Waals surface area contributed by atoms with E-state index in [1.807, 2.05) is 12.1 Å². The zero-order valence-corrected chi connectivity index (χ0v) is 11.5. The number of nitrogens with zero attached hydrogens (tertiary/aromatic N) is 1. The predicted molar refractivity (Wildman–Crippen MR) is 74.9 cm³/mol. The molecule has 1 aromatic rings. The van der Waals surface area contributed by atoms with Gasteiger partial charge >= 0.3 is 5.97 Å². The minimum Gasteiger partial charge on any atom is -0.494 e. The van der Waals surface area contributed by atoms with Gasteiger partial charge in [-0.05, 0) is 30.7 Å². The lowest BCUT2D eigenvalue weighted by Gasteiger charge is -2.16. The maximum absolute atomic E-state index is 11.8. The number of carboxylic acid groups (broad SMARTS) is 1. The minimum atomic E-state index is -0.916. The van der Waals surface area contributed by atoms with E-state index in [1.54, 1.807) is 12.1 Å². The summed E-state index contributed by atoms with van der Waals surface area (Å²) in [6, 6.07) is 7.21. The molecule has 1 aliphatic rings. The van der Waals surface area contributed by atoms with Gasteiger partial charge in [-0.2, -0.15) is 0 Å². The van der Waals surface area contributed by atoms with Crippen LogP contribution in [0.2, 0.25) is 0 Å². The molecule has 1 heterocycles. The van der Waals surface area contributed by atoms with Gasteiger partial charge in [-0.25, -0.2) is 0 Å². The molecule has 1 aliphatic heterocycles. The molecule has 1 aromatic carbocycles. The van der Waals surface area contributed by atoms with Crippen molar-refractivity contribution in [3.05, 3.63) is 24.3 Å². The van der Waals surface area contributed by atoms with Crippen molar-refractivity contribution in [3.8, 4) is 5.75 Å². The Kier molecular flexibility index (Phi) is 4.61. The summed E-state index contributed by atoms with van der Waals surface area (Å²) >= 11 is 0. The molecular formula is C15H19NO4. The fourth-order valence-corrected chi connectivity index (χ4v) is 2.18. The lowest BCUT2D eigenvalue weighted by Crippen LogP contribution is -2.25. The number of carbonyl (C=O) groups is 2. The summed E-state index contributed by atoms with van der Waals surface area (Å²) in [7, 11) is 0. The molecule has 0 radical (unpaired) electrons. The van der Waals surface area contributed by atoms with Crippen LogP contribution in [0.3, 0.4) is 0 Å². The molecule has 1 saturated heterocycles. The van der Waals surface area contributed by atoms with E-state index in [1.165, 1.54) is 4.90 Å². The number of aliphatic carboxylic acids is 1. The summed E-state index contributed by atoms with van der Waals surface area (Å²) in [5, 5.41) is 8.96. The summed E-state index contributed by atoms with van der Waals surface area (Å²) in [5.74, 6) is -0.899. The van der Waals surface area contributed by atoms with Crippen molar-refractivity contribution in [2.24, 2.45) is 5.92 Å². The standard InChI is InChI=1S/C15H19NO4/c1-2-3-8-20-13-6-4-12(5-7-13)16-10-11(15(18)19)9-14(16)17/h4-7,11H,2-3,8-10H2,1H3,(H,18,19). The molecule has 20 heavy (non-hydrogen) atoms. The number of hydrogen-bond acceptors (Lipinski definition) is 3. The van der Waals surface area contributed by atoms with Gasteiger partial charge in [0.25, 0.3) is 0 Å². The van der Waals surface area contributed by atoms with Crippen molar-refractivity contribution in [1.82, 2.24) is 0 Å². The summed E-state index contributed by atoms with van der Waals surface area (Å²) in [6.45, 7) is 3.02. The largest absolute Gasteiger partial charge is 0.494 e. The van der Waals surface area contributed by atoms with E-state index >= 15 is 0 Å². The molecule has 1 atom stereocenters. The van der Waals surface area contributed by atoms with Gasteiger partial charge in [0.2, 0.25) is 5.91 Å². The van der Waals surface area contributed by atoms with Crippen molar-refractivity contribution in [2.45, 2.75) is 26.2 Å². The third kappa shape index (κ3) is 3.29. The first-order chi connectivity index (χ1) is 9.61. The number of rotatable bonds is 6.